The van der Waals surface area contributed by atoms with Gasteiger partial charge in [-0.15, -0.1) is 0 Å². The second-order valence-corrected chi connectivity index (χ2v) is 5.39. The Kier molecular flexibility index (Phi) is 2.78. The van der Waals surface area contributed by atoms with Crippen LogP contribution in [0, 0.1) is 5.92 Å². The second kappa shape index (κ2) is 4.31. The minimum Gasteiger partial charge on any atom is -0.397 e. The SMILES string of the molecule is Nc1cc(C(=O)N2CCC(CO)C2)n(C2CC2)c1. The Morgan fingerprint density at radius 3 is 2.83 bits per heavy atom. The van der Waals surface area contributed by atoms with Crippen LogP contribution in [0.4, 0.5) is 5.69 Å². The van der Waals surface area contributed by atoms with Gasteiger partial charge in [-0.25, -0.2) is 0 Å². The smallest absolute Gasteiger partial charge is 0.270 e. The van der Waals surface area contributed by atoms with E-state index in [1.54, 1.807) is 6.07 Å². The highest BCUT2D eigenvalue weighted by atomic mass is 16.3. The molecule has 3 rings (SSSR count). The third-order valence-corrected chi connectivity index (χ3v) is 3.86. The van der Waals surface area contributed by atoms with Crippen molar-refractivity contribution in [2.75, 3.05) is 25.4 Å². The number of aliphatic hydroxyl groups is 1. The average molecular weight is 249 g/mol. The Labute approximate surface area is 106 Å². The Balaban J connectivity index is 1.80. The fourth-order valence-electron chi connectivity index (χ4n) is 2.65. The summed E-state index contributed by atoms with van der Waals surface area (Å²) in [5, 5.41) is 9.13. The Hall–Kier alpha value is -1.49. The second-order valence-electron chi connectivity index (χ2n) is 5.39. The summed E-state index contributed by atoms with van der Waals surface area (Å²) in [5.74, 6) is 0.283. The maximum Gasteiger partial charge on any atom is 0.270 e. The van der Waals surface area contributed by atoms with Crippen LogP contribution in [-0.4, -0.2) is 40.2 Å². The maximum atomic E-state index is 12.4. The lowest BCUT2D eigenvalue weighted by Gasteiger charge is -2.17. The van der Waals surface area contributed by atoms with E-state index in [-0.39, 0.29) is 18.4 Å². The van der Waals surface area contributed by atoms with Crippen LogP contribution in [0.25, 0.3) is 0 Å². The predicted octanol–water partition coefficient (Wildman–Crippen LogP) is 0.860. The number of rotatable bonds is 3. The van der Waals surface area contributed by atoms with E-state index in [1.165, 1.54) is 0 Å². The van der Waals surface area contributed by atoms with E-state index in [1.807, 2.05) is 15.7 Å². The summed E-state index contributed by atoms with van der Waals surface area (Å²) in [4.78, 5) is 14.3. The van der Waals surface area contributed by atoms with Crippen LogP contribution in [0.2, 0.25) is 0 Å². The molecule has 0 aromatic carbocycles. The molecule has 2 fully saturated rings. The number of nitrogen functional groups attached to an aromatic ring is 1. The summed E-state index contributed by atoms with van der Waals surface area (Å²) >= 11 is 0. The molecule has 98 valence electrons. The lowest BCUT2D eigenvalue weighted by Crippen LogP contribution is -2.30. The predicted molar refractivity (Wildman–Crippen MR) is 68.2 cm³/mol. The van der Waals surface area contributed by atoms with Crippen molar-refractivity contribution in [3.05, 3.63) is 18.0 Å². The van der Waals surface area contributed by atoms with Crippen molar-refractivity contribution < 1.29 is 9.90 Å². The van der Waals surface area contributed by atoms with Crippen molar-refractivity contribution in [2.45, 2.75) is 25.3 Å². The molecule has 0 spiro atoms. The van der Waals surface area contributed by atoms with E-state index in [0.29, 0.717) is 24.0 Å². The van der Waals surface area contributed by atoms with Crippen LogP contribution in [0.1, 0.15) is 35.8 Å². The van der Waals surface area contributed by atoms with Gasteiger partial charge in [0, 0.05) is 37.9 Å². The van der Waals surface area contributed by atoms with Crippen LogP contribution in [0.5, 0.6) is 0 Å². The van der Waals surface area contributed by atoms with Gasteiger partial charge < -0.3 is 20.3 Å². The molecule has 0 bridgehead atoms. The lowest BCUT2D eigenvalue weighted by molar-refractivity contribution is 0.0771. The molecule has 1 atom stereocenters. The summed E-state index contributed by atoms with van der Waals surface area (Å²) in [6.45, 7) is 1.56. The van der Waals surface area contributed by atoms with E-state index in [2.05, 4.69) is 0 Å². The van der Waals surface area contributed by atoms with Gasteiger partial charge in [0.15, 0.2) is 0 Å². The Morgan fingerprint density at radius 1 is 1.44 bits per heavy atom. The quantitative estimate of drug-likeness (QED) is 0.834. The number of nitrogens with zero attached hydrogens (tertiary/aromatic N) is 2. The minimum atomic E-state index is 0.0505. The number of aromatic nitrogens is 1. The standard InChI is InChI=1S/C13H19N3O2/c14-10-5-12(16(7-10)11-1-2-11)13(18)15-4-3-9(6-15)8-17/h5,7,9,11,17H,1-4,6,8,14H2. The first-order valence-electron chi connectivity index (χ1n) is 6.56. The number of likely N-dealkylation sites (tertiary alicyclic amines) is 1. The van der Waals surface area contributed by atoms with E-state index in [4.69, 9.17) is 10.8 Å². The van der Waals surface area contributed by atoms with Gasteiger partial charge in [0.2, 0.25) is 0 Å². The molecule has 5 heteroatoms. The number of carbonyl (C=O) groups excluding carboxylic acids is 1. The average Bonchev–Trinajstić information content (AvgIpc) is 2.97. The third-order valence-electron chi connectivity index (χ3n) is 3.86. The molecule has 18 heavy (non-hydrogen) atoms. The molecular weight excluding hydrogens is 230 g/mol. The highest BCUT2D eigenvalue weighted by molar-refractivity contribution is 5.94. The molecule has 2 aliphatic rings. The summed E-state index contributed by atoms with van der Waals surface area (Å²) < 4.78 is 2.02. The number of hydrogen-bond donors (Lipinski definition) is 2. The van der Waals surface area contributed by atoms with E-state index < -0.39 is 0 Å². The number of nitrogens with two attached hydrogens (primary N) is 1. The largest absolute Gasteiger partial charge is 0.397 e. The van der Waals surface area contributed by atoms with Crippen molar-refractivity contribution in [3.63, 3.8) is 0 Å². The van der Waals surface area contributed by atoms with Crippen LogP contribution in [-0.2, 0) is 0 Å². The number of amides is 1. The molecule has 1 aromatic heterocycles. The molecule has 1 aliphatic heterocycles. The fourth-order valence-corrected chi connectivity index (χ4v) is 2.65. The summed E-state index contributed by atoms with van der Waals surface area (Å²) in [6, 6.07) is 2.23. The van der Waals surface area contributed by atoms with Crippen LogP contribution >= 0.6 is 0 Å². The monoisotopic (exact) mass is 249 g/mol. The van der Waals surface area contributed by atoms with E-state index in [0.717, 1.165) is 25.8 Å². The zero-order valence-electron chi connectivity index (χ0n) is 10.4. The molecule has 3 N–H and O–H groups in total. The van der Waals surface area contributed by atoms with Gasteiger partial charge in [-0.3, -0.25) is 4.79 Å². The zero-order valence-corrected chi connectivity index (χ0v) is 10.4. The first-order chi connectivity index (χ1) is 8.69. The van der Waals surface area contributed by atoms with Crippen LogP contribution in [0.15, 0.2) is 12.3 Å². The molecule has 1 saturated heterocycles. The minimum absolute atomic E-state index is 0.0505. The summed E-state index contributed by atoms with van der Waals surface area (Å²) in [5.41, 5.74) is 7.16. The number of aliphatic hydroxyl groups excluding tert-OH is 1. The molecule has 1 amide bonds. The molecule has 1 aliphatic carbocycles. The zero-order chi connectivity index (χ0) is 12.7. The molecule has 1 unspecified atom stereocenters. The molecular formula is C13H19N3O2. The molecule has 0 radical (unpaired) electrons. The van der Waals surface area contributed by atoms with E-state index in [9.17, 15) is 4.79 Å². The van der Waals surface area contributed by atoms with Crippen LogP contribution < -0.4 is 5.73 Å². The van der Waals surface area contributed by atoms with Crippen molar-refractivity contribution in [3.8, 4) is 0 Å². The number of carbonyl (C=O) groups is 1. The fraction of sp³-hybridized carbons (Fsp3) is 0.615. The summed E-state index contributed by atoms with van der Waals surface area (Å²) in [6.07, 6.45) is 5.02. The van der Waals surface area contributed by atoms with Gasteiger partial charge in [-0.1, -0.05) is 0 Å². The third kappa shape index (κ3) is 1.99. The van der Waals surface area contributed by atoms with Crippen molar-refractivity contribution in [1.29, 1.82) is 0 Å². The number of hydrogen-bond acceptors (Lipinski definition) is 3. The molecule has 1 aromatic rings. The van der Waals surface area contributed by atoms with Gasteiger partial charge in [0.1, 0.15) is 5.69 Å². The first kappa shape index (κ1) is 11.6. The molecule has 2 heterocycles. The van der Waals surface area contributed by atoms with Crippen LogP contribution in [0.3, 0.4) is 0 Å². The van der Waals surface area contributed by atoms with Crippen molar-refractivity contribution in [1.82, 2.24) is 9.47 Å². The van der Waals surface area contributed by atoms with Gasteiger partial charge in [0.25, 0.3) is 5.91 Å². The molecule has 1 saturated carbocycles. The lowest BCUT2D eigenvalue weighted by atomic mass is 10.1. The first-order valence-corrected chi connectivity index (χ1v) is 6.56. The van der Waals surface area contributed by atoms with Gasteiger partial charge >= 0.3 is 0 Å². The topological polar surface area (TPSA) is 71.5 Å². The maximum absolute atomic E-state index is 12.4. The number of anilines is 1. The Morgan fingerprint density at radius 2 is 2.22 bits per heavy atom. The van der Waals surface area contributed by atoms with Gasteiger partial charge in [0.05, 0.1) is 5.69 Å². The van der Waals surface area contributed by atoms with E-state index >= 15 is 0 Å². The van der Waals surface area contributed by atoms with Gasteiger partial charge in [-0.2, -0.15) is 0 Å². The van der Waals surface area contributed by atoms with Gasteiger partial charge in [-0.05, 0) is 25.3 Å². The highest BCUT2D eigenvalue weighted by Crippen LogP contribution is 2.37. The summed E-state index contributed by atoms with van der Waals surface area (Å²) in [7, 11) is 0. The highest BCUT2D eigenvalue weighted by Gasteiger charge is 2.32. The van der Waals surface area contributed by atoms with Crippen molar-refractivity contribution >= 4 is 11.6 Å². The Bertz CT molecular complexity index is 465. The molecule has 5 nitrogen and oxygen atoms in total. The van der Waals surface area contributed by atoms with Crippen molar-refractivity contribution in [2.24, 2.45) is 5.92 Å². The normalized spacial score (nSPS) is 23.6.